The zero-order chi connectivity index (χ0) is 13.5. The maximum atomic E-state index is 11.4. The van der Waals surface area contributed by atoms with E-state index < -0.39 is 24.0 Å². The van der Waals surface area contributed by atoms with Gasteiger partial charge in [-0.05, 0) is 12.5 Å². The summed E-state index contributed by atoms with van der Waals surface area (Å²) in [6.07, 6.45) is -1.20. The van der Waals surface area contributed by atoms with Gasteiger partial charge in [0.15, 0.2) is 5.92 Å². The van der Waals surface area contributed by atoms with Gasteiger partial charge >= 0.3 is 11.9 Å². The Morgan fingerprint density at radius 1 is 1.28 bits per heavy atom. The molecule has 1 aromatic rings. The Hall–Kier alpha value is -1.88. The van der Waals surface area contributed by atoms with Crippen LogP contribution in [0.3, 0.4) is 0 Å². The molecule has 2 unspecified atom stereocenters. The number of rotatable bonds is 6. The van der Waals surface area contributed by atoms with E-state index in [9.17, 15) is 14.7 Å². The van der Waals surface area contributed by atoms with Gasteiger partial charge in [0, 0.05) is 6.42 Å². The molecule has 0 saturated heterocycles. The zero-order valence-corrected chi connectivity index (χ0v) is 10.1. The van der Waals surface area contributed by atoms with Gasteiger partial charge in [0.25, 0.3) is 0 Å². The maximum Gasteiger partial charge on any atom is 0.320 e. The number of carboxylic acids is 1. The zero-order valence-electron chi connectivity index (χ0n) is 10.1. The number of esters is 1. The lowest BCUT2D eigenvalue weighted by Crippen LogP contribution is -2.27. The van der Waals surface area contributed by atoms with Crippen LogP contribution in [-0.2, 0) is 14.3 Å². The number of aliphatic hydroxyl groups is 1. The number of aliphatic carboxylic acids is 1. The number of carboxylic acid groups (broad SMARTS) is 1. The van der Waals surface area contributed by atoms with Gasteiger partial charge in [-0.3, -0.25) is 9.59 Å². The molecule has 0 aliphatic carbocycles. The summed E-state index contributed by atoms with van der Waals surface area (Å²) in [7, 11) is 0. The van der Waals surface area contributed by atoms with Crippen LogP contribution in [0.5, 0.6) is 0 Å². The Bertz CT molecular complexity index is 401. The third kappa shape index (κ3) is 3.85. The summed E-state index contributed by atoms with van der Waals surface area (Å²) < 4.78 is 4.67. The first-order valence-electron chi connectivity index (χ1n) is 5.68. The lowest BCUT2D eigenvalue weighted by molar-refractivity contribution is -0.159. The van der Waals surface area contributed by atoms with Crippen molar-refractivity contribution >= 4 is 11.9 Å². The number of ether oxygens (including phenoxy) is 1. The van der Waals surface area contributed by atoms with Crippen molar-refractivity contribution in [3.63, 3.8) is 0 Å². The lowest BCUT2D eigenvalue weighted by atomic mass is 9.97. The van der Waals surface area contributed by atoms with E-state index in [1.54, 1.807) is 37.3 Å². The van der Waals surface area contributed by atoms with E-state index in [1.165, 1.54) is 0 Å². The van der Waals surface area contributed by atoms with Crippen LogP contribution in [0.25, 0.3) is 0 Å². The summed E-state index contributed by atoms with van der Waals surface area (Å²) >= 11 is 0. The van der Waals surface area contributed by atoms with Crippen LogP contribution in [0.4, 0.5) is 0 Å². The molecular weight excluding hydrogens is 236 g/mol. The molecule has 18 heavy (non-hydrogen) atoms. The van der Waals surface area contributed by atoms with Crippen molar-refractivity contribution in [1.29, 1.82) is 0 Å². The molecule has 2 N–H and O–H groups in total. The molecule has 0 aromatic heterocycles. The van der Waals surface area contributed by atoms with E-state index in [0.29, 0.717) is 5.56 Å². The highest BCUT2D eigenvalue weighted by atomic mass is 16.5. The highest BCUT2D eigenvalue weighted by Gasteiger charge is 2.30. The lowest BCUT2D eigenvalue weighted by Gasteiger charge is -2.15. The topological polar surface area (TPSA) is 83.8 Å². The Labute approximate surface area is 105 Å². The first-order valence-corrected chi connectivity index (χ1v) is 5.68. The average Bonchev–Trinajstić information content (AvgIpc) is 2.36. The molecule has 0 heterocycles. The second-order valence-corrected chi connectivity index (χ2v) is 3.81. The second-order valence-electron chi connectivity index (χ2n) is 3.81. The fraction of sp³-hybridized carbons (Fsp3) is 0.385. The molecule has 2 atom stereocenters. The van der Waals surface area contributed by atoms with Crippen LogP contribution in [0, 0.1) is 5.92 Å². The SMILES string of the molecule is CCOC(=O)C(CC(O)c1ccccc1)C(=O)O. The summed E-state index contributed by atoms with van der Waals surface area (Å²) in [5.41, 5.74) is 0.577. The Morgan fingerprint density at radius 3 is 2.39 bits per heavy atom. The number of carbonyl (C=O) groups excluding carboxylic acids is 1. The summed E-state index contributed by atoms with van der Waals surface area (Å²) in [6.45, 7) is 1.72. The molecule has 0 saturated carbocycles. The minimum atomic E-state index is -1.35. The average molecular weight is 252 g/mol. The fourth-order valence-corrected chi connectivity index (χ4v) is 1.58. The van der Waals surface area contributed by atoms with E-state index in [-0.39, 0.29) is 13.0 Å². The molecule has 0 aliphatic heterocycles. The molecule has 0 radical (unpaired) electrons. The Kier molecular flexibility index (Phi) is 5.32. The minimum Gasteiger partial charge on any atom is -0.481 e. The van der Waals surface area contributed by atoms with Crippen LogP contribution >= 0.6 is 0 Å². The monoisotopic (exact) mass is 252 g/mol. The molecule has 98 valence electrons. The molecule has 1 aromatic carbocycles. The van der Waals surface area contributed by atoms with Gasteiger partial charge in [0.05, 0.1) is 12.7 Å². The molecular formula is C13H16O5. The van der Waals surface area contributed by atoms with Gasteiger partial charge in [0.2, 0.25) is 0 Å². The van der Waals surface area contributed by atoms with Crippen LogP contribution in [0.2, 0.25) is 0 Å². The number of aliphatic hydroxyl groups excluding tert-OH is 1. The van der Waals surface area contributed by atoms with Crippen molar-refractivity contribution in [1.82, 2.24) is 0 Å². The van der Waals surface area contributed by atoms with Gasteiger partial charge in [-0.15, -0.1) is 0 Å². The third-order valence-electron chi connectivity index (χ3n) is 2.51. The van der Waals surface area contributed by atoms with Crippen molar-refractivity contribution < 1.29 is 24.5 Å². The van der Waals surface area contributed by atoms with Crippen molar-refractivity contribution in [2.24, 2.45) is 5.92 Å². The first kappa shape index (κ1) is 14.2. The van der Waals surface area contributed by atoms with E-state index >= 15 is 0 Å². The highest BCUT2D eigenvalue weighted by Crippen LogP contribution is 2.22. The number of hydrogen-bond acceptors (Lipinski definition) is 4. The predicted octanol–water partition coefficient (Wildman–Crippen LogP) is 1.37. The van der Waals surface area contributed by atoms with Gasteiger partial charge in [-0.1, -0.05) is 30.3 Å². The van der Waals surface area contributed by atoms with Crippen LogP contribution < -0.4 is 0 Å². The van der Waals surface area contributed by atoms with E-state index in [2.05, 4.69) is 4.74 Å². The van der Waals surface area contributed by atoms with Crippen molar-refractivity contribution in [3.8, 4) is 0 Å². The Morgan fingerprint density at radius 2 is 1.89 bits per heavy atom. The molecule has 5 heteroatoms. The highest BCUT2D eigenvalue weighted by molar-refractivity contribution is 5.93. The van der Waals surface area contributed by atoms with Gasteiger partial charge in [-0.2, -0.15) is 0 Å². The molecule has 0 amide bonds. The van der Waals surface area contributed by atoms with Gasteiger partial charge < -0.3 is 14.9 Å². The Balaban J connectivity index is 2.72. The third-order valence-corrected chi connectivity index (χ3v) is 2.51. The van der Waals surface area contributed by atoms with Crippen molar-refractivity contribution in [2.45, 2.75) is 19.4 Å². The number of benzene rings is 1. The van der Waals surface area contributed by atoms with E-state index in [0.717, 1.165) is 0 Å². The summed E-state index contributed by atoms with van der Waals surface area (Å²) in [4.78, 5) is 22.4. The van der Waals surface area contributed by atoms with Crippen LogP contribution in [0.15, 0.2) is 30.3 Å². The van der Waals surface area contributed by atoms with Crippen LogP contribution in [0.1, 0.15) is 25.0 Å². The molecule has 1 rings (SSSR count). The fourth-order valence-electron chi connectivity index (χ4n) is 1.58. The largest absolute Gasteiger partial charge is 0.481 e. The number of carbonyl (C=O) groups is 2. The maximum absolute atomic E-state index is 11.4. The van der Waals surface area contributed by atoms with E-state index in [4.69, 9.17) is 5.11 Å². The minimum absolute atomic E-state index is 0.115. The smallest absolute Gasteiger partial charge is 0.320 e. The molecule has 0 fully saturated rings. The number of hydrogen-bond donors (Lipinski definition) is 2. The normalized spacial score (nSPS) is 13.7. The van der Waals surface area contributed by atoms with Crippen molar-refractivity contribution in [2.75, 3.05) is 6.61 Å². The van der Waals surface area contributed by atoms with Gasteiger partial charge in [0.1, 0.15) is 0 Å². The molecule has 5 nitrogen and oxygen atoms in total. The van der Waals surface area contributed by atoms with Gasteiger partial charge in [-0.25, -0.2) is 0 Å². The van der Waals surface area contributed by atoms with Crippen molar-refractivity contribution in [3.05, 3.63) is 35.9 Å². The summed E-state index contributed by atoms with van der Waals surface area (Å²) in [5, 5.41) is 18.8. The quantitative estimate of drug-likeness (QED) is 0.590. The standard InChI is InChI=1S/C13H16O5/c1-2-18-13(17)10(12(15)16)8-11(14)9-6-4-3-5-7-9/h3-7,10-11,14H,2,8H2,1H3,(H,15,16). The van der Waals surface area contributed by atoms with Crippen LogP contribution in [-0.4, -0.2) is 28.8 Å². The molecule has 0 aliphatic rings. The predicted molar refractivity (Wildman–Crippen MR) is 63.8 cm³/mol. The van der Waals surface area contributed by atoms with E-state index in [1.807, 2.05) is 0 Å². The second kappa shape index (κ2) is 6.76. The molecule has 0 spiro atoms. The molecule has 0 bridgehead atoms. The first-order chi connectivity index (χ1) is 8.56. The summed E-state index contributed by atoms with van der Waals surface area (Å²) in [6, 6.07) is 8.61. The summed E-state index contributed by atoms with van der Waals surface area (Å²) in [5.74, 6) is -3.46.